The van der Waals surface area contributed by atoms with Crippen molar-refractivity contribution in [1.82, 2.24) is 10.3 Å². The summed E-state index contributed by atoms with van der Waals surface area (Å²) in [5, 5.41) is 5.74. The lowest BCUT2D eigenvalue weighted by Gasteiger charge is -2.13. The number of amides is 1. The van der Waals surface area contributed by atoms with Crippen molar-refractivity contribution in [3.63, 3.8) is 0 Å². The van der Waals surface area contributed by atoms with Crippen LogP contribution in [0.15, 0.2) is 5.38 Å². The summed E-state index contributed by atoms with van der Waals surface area (Å²) in [7, 11) is 0. The number of nitrogens with one attached hydrogen (secondary N) is 1. The molecule has 0 aliphatic carbocycles. The van der Waals surface area contributed by atoms with Crippen LogP contribution in [-0.2, 0) is 4.79 Å². The number of aryl methyl sites for hydroxylation is 1. The second kappa shape index (κ2) is 6.05. The smallest absolute Gasteiger partial charge is 0.237 e. The lowest BCUT2D eigenvalue weighted by atomic mass is 10.2. The zero-order valence-corrected chi connectivity index (χ0v) is 10.6. The van der Waals surface area contributed by atoms with E-state index in [1.54, 1.807) is 18.3 Å². The molecule has 15 heavy (non-hydrogen) atoms. The first-order chi connectivity index (χ1) is 6.50. The van der Waals surface area contributed by atoms with E-state index in [4.69, 9.17) is 5.73 Å². The van der Waals surface area contributed by atoms with Gasteiger partial charge >= 0.3 is 0 Å². The van der Waals surface area contributed by atoms with Gasteiger partial charge in [-0.3, -0.25) is 4.79 Å². The van der Waals surface area contributed by atoms with Crippen molar-refractivity contribution in [2.45, 2.75) is 32.9 Å². The largest absolute Gasteiger partial charge is 0.347 e. The molecule has 0 spiro atoms. The number of thiazole rings is 1. The van der Waals surface area contributed by atoms with Crippen LogP contribution in [0.1, 0.15) is 30.6 Å². The molecule has 0 aliphatic rings. The average molecular weight is 250 g/mol. The Balaban J connectivity index is 0.00000196. The highest BCUT2D eigenvalue weighted by atomic mass is 35.5. The van der Waals surface area contributed by atoms with Gasteiger partial charge in [-0.05, 0) is 20.8 Å². The molecule has 0 saturated heterocycles. The molecule has 0 aliphatic heterocycles. The minimum Gasteiger partial charge on any atom is -0.347 e. The third kappa shape index (κ3) is 4.15. The van der Waals surface area contributed by atoms with Gasteiger partial charge in [0.15, 0.2) is 0 Å². The van der Waals surface area contributed by atoms with E-state index in [1.807, 2.05) is 19.2 Å². The summed E-state index contributed by atoms with van der Waals surface area (Å²) >= 11 is 1.57. The topological polar surface area (TPSA) is 68.0 Å². The Kier molecular flexibility index (Phi) is 5.79. The monoisotopic (exact) mass is 249 g/mol. The van der Waals surface area contributed by atoms with E-state index in [9.17, 15) is 4.79 Å². The summed E-state index contributed by atoms with van der Waals surface area (Å²) < 4.78 is 0. The highest BCUT2D eigenvalue weighted by Gasteiger charge is 2.14. The molecule has 2 atom stereocenters. The predicted molar refractivity (Wildman–Crippen MR) is 64.3 cm³/mol. The van der Waals surface area contributed by atoms with E-state index in [0.29, 0.717) is 0 Å². The van der Waals surface area contributed by atoms with Crippen LogP contribution >= 0.6 is 23.7 Å². The van der Waals surface area contributed by atoms with E-state index >= 15 is 0 Å². The Hall–Kier alpha value is -0.650. The lowest BCUT2D eigenvalue weighted by Crippen LogP contribution is -2.39. The van der Waals surface area contributed by atoms with Crippen LogP contribution < -0.4 is 11.1 Å². The zero-order valence-electron chi connectivity index (χ0n) is 8.98. The third-order valence-corrected chi connectivity index (χ3v) is 2.64. The van der Waals surface area contributed by atoms with Crippen LogP contribution in [0.5, 0.6) is 0 Å². The molecule has 0 bridgehead atoms. The standard InChI is InChI=1S/C9H15N3OS.ClH/c1-5(10)9(13)11-6(2)8-4-14-7(3)12-8;/h4-6H,10H2,1-3H3,(H,11,13);1H/t5-,6?;/m1./s1. The number of aromatic nitrogens is 1. The van der Waals surface area contributed by atoms with Gasteiger partial charge in [0.2, 0.25) is 5.91 Å². The second-order valence-electron chi connectivity index (χ2n) is 3.31. The van der Waals surface area contributed by atoms with Crippen molar-refractivity contribution in [3.8, 4) is 0 Å². The first-order valence-corrected chi connectivity index (χ1v) is 5.36. The number of carbonyl (C=O) groups is 1. The number of hydrogen-bond acceptors (Lipinski definition) is 4. The van der Waals surface area contributed by atoms with E-state index in [2.05, 4.69) is 10.3 Å². The van der Waals surface area contributed by atoms with Gasteiger partial charge in [-0.1, -0.05) is 0 Å². The van der Waals surface area contributed by atoms with Crippen molar-refractivity contribution in [3.05, 3.63) is 16.1 Å². The second-order valence-corrected chi connectivity index (χ2v) is 4.37. The number of halogens is 1. The summed E-state index contributed by atoms with van der Waals surface area (Å²) in [4.78, 5) is 15.6. The van der Waals surface area contributed by atoms with Gasteiger partial charge in [0.1, 0.15) is 0 Å². The van der Waals surface area contributed by atoms with E-state index < -0.39 is 6.04 Å². The summed E-state index contributed by atoms with van der Waals surface area (Å²) in [6.07, 6.45) is 0. The molecule has 4 nitrogen and oxygen atoms in total. The summed E-state index contributed by atoms with van der Waals surface area (Å²) in [5.41, 5.74) is 6.33. The van der Waals surface area contributed by atoms with Crippen molar-refractivity contribution < 1.29 is 4.79 Å². The molecule has 1 amide bonds. The van der Waals surface area contributed by atoms with E-state index in [0.717, 1.165) is 10.7 Å². The van der Waals surface area contributed by atoms with Crippen LogP contribution in [0.4, 0.5) is 0 Å². The fourth-order valence-electron chi connectivity index (χ4n) is 0.998. The van der Waals surface area contributed by atoms with Crippen LogP contribution in [0.25, 0.3) is 0 Å². The molecular formula is C9H16ClN3OS. The fraction of sp³-hybridized carbons (Fsp3) is 0.556. The number of hydrogen-bond donors (Lipinski definition) is 2. The molecule has 1 rings (SSSR count). The summed E-state index contributed by atoms with van der Waals surface area (Å²) in [6, 6.07) is -0.546. The van der Waals surface area contributed by atoms with Gasteiger partial charge in [-0.25, -0.2) is 4.98 Å². The lowest BCUT2D eigenvalue weighted by molar-refractivity contribution is -0.122. The molecular weight excluding hydrogens is 234 g/mol. The third-order valence-electron chi connectivity index (χ3n) is 1.85. The normalized spacial score (nSPS) is 13.9. The Morgan fingerprint density at radius 2 is 2.20 bits per heavy atom. The molecule has 0 radical (unpaired) electrons. The maximum absolute atomic E-state index is 11.3. The zero-order chi connectivity index (χ0) is 10.7. The van der Waals surface area contributed by atoms with Gasteiger partial charge in [0.25, 0.3) is 0 Å². The SMILES string of the molecule is Cc1nc(C(C)NC(=O)[C@@H](C)N)cs1.Cl. The molecule has 0 aromatic carbocycles. The molecule has 3 N–H and O–H groups in total. The highest BCUT2D eigenvalue weighted by Crippen LogP contribution is 2.15. The van der Waals surface area contributed by atoms with Gasteiger partial charge in [-0.15, -0.1) is 23.7 Å². The maximum atomic E-state index is 11.3. The van der Waals surface area contributed by atoms with Crippen LogP contribution in [0.3, 0.4) is 0 Å². The van der Waals surface area contributed by atoms with Crippen LogP contribution in [-0.4, -0.2) is 16.9 Å². The molecule has 86 valence electrons. The number of rotatable bonds is 3. The quantitative estimate of drug-likeness (QED) is 0.851. The van der Waals surface area contributed by atoms with Crippen molar-refractivity contribution in [2.24, 2.45) is 5.73 Å². The molecule has 1 unspecified atom stereocenters. The minimum absolute atomic E-state index is 0. The van der Waals surface area contributed by atoms with Gasteiger partial charge in [0.05, 0.1) is 22.8 Å². The number of nitrogens with zero attached hydrogens (tertiary/aromatic N) is 1. The Morgan fingerprint density at radius 1 is 1.60 bits per heavy atom. The first kappa shape index (κ1) is 14.3. The fourth-order valence-corrected chi connectivity index (χ4v) is 1.70. The first-order valence-electron chi connectivity index (χ1n) is 4.48. The van der Waals surface area contributed by atoms with Crippen molar-refractivity contribution in [2.75, 3.05) is 0 Å². The Labute approximate surface area is 99.7 Å². The van der Waals surface area contributed by atoms with Gasteiger partial charge < -0.3 is 11.1 Å². The number of nitrogens with two attached hydrogens (primary N) is 1. The molecule has 0 fully saturated rings. The van der Waals surface area contributed by atoms with Crippen LogP contribution in [0.2, 0.25) is 0 Å². The number of carbonyl (C=O) groups excluding carboxylic acids is 1. The Bertz CT molecular complexity index is 327. The highest BCUT2D eigenvalue weighted by molar-refractivity contribution is 7.09. The molecule has 6 heteroatoms. The molecule has 0 saturated carbocycles. The maximum Gasteiger partial charge on any atom is 0.237 e. The molecule has 1 aromatic rings. The van der Waals surface area contributed by atoms with E-state index in [-0.39, 0.29) is 24.4 Å². The van der Waals surface area contributed by atoms with E-state index in [1.165, 1.54) is 0 Å². The van der Waals surface area contributed by atoms with Crippen molar-refractivity contribution in [1.29, 1.82) is 0 Å². The summed E-state index contributed by atoms with van der Waals surface area (Å²) in [6.45, 7) is 5.50. The van der Waals surface area contributed by atoms with Gasteiger partial charge in [-0.2, -0.15) is 0 Å². The van der Waals surface area contributed by atoms with Gasteiger partial charge in [0, 0.05) is 5.38 Å². The van der Waals surface area contributed by atoms with Crippen LogP contribution in [0, 0.1) is 6.92 Å². The molecule has 1 aromatic heterocycles. The minimum atomic E-state index is -0.475. The molecule has 1 heterocycles. The van der Waals surface area contributed by atoms with Crippen molar-refractivity contribution >= 4 is 29.7 Å². The predicted octanol–water partition coefficient (Wildman–Crippen LogP) is 1.40. The summed E-state index contributed by atoms with van der Waals surface area (Å²) in [5.74, 6) is -0.150. The average Bonchev–Trinajstić information content (AvgIpc) is 2.51. The Morgan fingerprint density at radius 3 is 2.60 bits per heavy atom.